The molecule has 0 atom stereocenters. The van der Waals surface area contributed by atoms with E-state index < -0.39 is 0 Å². The van der Waals surface area contributed by atoms with Crippen molar-refractivity contribution >= 4 is 11.0 Å². The lowest BCUT2D eigenvalue weighted by Gasteiger charge is -2.25. The third kappa shape index (κ3) is 6.47. The highest BCUT2D eigenvalue weighted by atomic mass is 16.5. The first-order chi connectivity index (χ1) is 23.3. The van der Waals surface area contributed by atoms with E-state index >= 15 is 0 Å². The number of tetrazole rings is 1. The van der Waals surface area contributed by atoms with Crippen LogP contribution >= 0.6 is 0 Å². The predicted molar refractivity (Wildman–Crippen MR) is 180 cm³/mol. The van der Waals surface area contributed by atoms with Gasteiger partial charge in [-0.05, 0) is 91.3 Å². The number of hydrogen-bond donors (Lipinski definition) is 1. The van der Waals surface area contributed by atoms with Crippen molar-refractivity contribution in [3.63, 3.8) is 0 Å². The molecule has 1 N–H and O–H groups in total. The summed E-state index contributed by atoms with van der Waals surface area (Å²) < 4.78 is 15.7. The average Bonchev–Trinajstić information content (AvgIpc) is 3.81. The number of aromatic amines is 1. The van der Waals surface area contributed by atoms with Gasteiger partial charge in [-0.1, -0.05) is 80.6 Å². The van der Waals surface area contributed by atoms with Crippen LogP contribution in [0.5, 0.6) is 11.8 Å². The monoisotopic (exact) mass is 632 g/mol. The van der Waals surface area contributed by atoms with Crippen LogP contribution in [0.1, 0.15) is 114 Å². The van der Waals surface area contributed by atoms with E-state index in [2.05, 4.69) is 60.6 Å². The van der Waals surface area contributed by atoms with Crippen molar-refractivity contribution in [2.24, 2.45) is 0 Å². The maximum atomic E-state index is 6.71. The third-order valence-corrected chi connectivity index (χ3v) is 10.4. The molecule has 47 heavy (non-hydrogen) atoms. The molecular weight excluding hydrogens is 588 g/mol. The molecule has 0 bridgehead atoms. The van der Waals surface area contributed by atoms with Gasteiger partial charge in [0.05, 0.1) is 0 Å². The van der Waals surface area contributed by atoms with Gasteiger partial charge < -0.3 is 14.0 Å². The van der Waals surface area contributed by atoms with Crippen LogP contribution in [0.4, 0.5) is 0 Å². The summed E-state index contributed by atoms with van der Waals surface area (Å²) in [4.78, 5) is 5.39. The van der Waals surface area contributed by atoms with Crippen molar-refractivity contribution in [2.45, 2.75) is 121 Å². The zero-order valence-electron chi connectivity index (χ0n) is 27.1. The van der Waals surface area contributed by atoms with E-state index in [9.17, 15) is 0 Å². The summed E-state index contributed by atoms with van der Waals surface area (Å²) in [5.41, 5.74) is 6.10. The molecule has 10 heteroatoms. The van der Waals surface area contributed by atoms with Crippen molar-refractivity contribution in [2.75, 3.05) is 0 Å². The summed E-state index contributed by atoms with van der Waals surface area (Å²) in [7, 11) is 0. The molecule has 3 aliphatic rings. The normalized spacial score (nSPS) is 18.5. The Morgan fingerprint density at radius 1 is 0.660 bits per heavy atom. The quantitative estimate of drug-likeness (QED) is 0.173. The Labute approximate surface area is 275 Å². The summed E-state index contributed by atoms with van der Waals surface area (Å²) in [6.07, 6.45) is 17.9. The van der Waals surface area contributed by atoms with Crippen LogP contribution in [0.25, 0.3) is 33.5 Å². The van der Waals surface area contributed by atoms with Crippen molar-refractivity contribution < 1.29 is 9.47 Å². The van der Waals surface area contributed by atoms with Gasteiger partial charge in [0.15, 0.2) is 11.3 Å². The van der Waals surface area contributed by atoms with E-state index in [0.29, 0.717) is 30.0 Å². The topological polar surface area (TPSA) is 117 Å². The Morgan fingerprint density at radius 3 is 1.94 bits per heavy atom. The maximum Gasteiger partial charge on any atom is 0.262 e. The first kappa shape index (κ1) is 30.0. The molecule has 3 fully saturated rings. The fourth-order valence-corrected chi connectivity index (χ4v) is 7.88. The first-order valence-electron chi connectivity index (χ1n) is 17.8. The first-order valence-corrected chi connectivity index (χ1v) is 17.8. The fourth-order valence-electron chi connectivity index (χ4n) is 7.88. The number of nitrogens with zero attached hydrogens (tertiary/aromatic N) is 7. The van der Waals surface area contributed by atoms with Crippen LogP contribution in [0.2, 0.25) is 0 Å². The maximum absolute atomic E-state index is 6.71. The highest BCUT2D eigenvalue weighted by Gasteiger charge is 2.30. The highest BCUT2D eigenvalue weighted by Crippen LogP contribution is 2.40. The fraction of sp³-hybridized carbons (Fsp3) is 0.514. The number of ether oxygens (including phenoxy) is 2. The largest absolute Gasteiger partial charge is 0.472 e. The highest BCUT2D eigenvalue weighted by molar-refractivity contribution is 5.85. The number of aromatic nitrogens is 8. The van der Waals surface area contributed by atoms with Gasteiger partial charge >= 0.3 is 0 Å². The minimum absolute atomic E-state index is 0.159. The van der Waals surface area contributed by atoms with Gasteiger partial charge in [0, 0.05) is 18.0 Å². The van der Waals surface area contributed by atoms with Crippen LogP contribution < -0.4 is 9.47 Å². The molecule has 8 rings (SSSR count). The summed E-state index contributed by atoms with van der Waals surface area (Å²) in [5, 5.41) is 24.0. The number of nitrogens with one attached hydrogen (secondary N) is 1. The summed E-state index contributed by atoms with van der Waals surface area (Å²) in [6.45, 7) is 0.672. The van der Waals surface area contributed by atoms with Crippen LogP contribution in [0.15, 0.2) is 48.5 Å². The van der Waals surface area contributed by atoms with Crippen molar-refractivity contribution in [1.82, 2.24) is 40.4 Å². The van der Waals surface area contributed by atoms with Gasteiger partial charge in [-0.3, -0.25) is 0 Å². The van der Waals surface area contributed by atoms with Gasteiger partial charge in [0.1, 0.15) is 23.5 Å². The molecule has 0 spiro atoms. The SMILES string of the molecule is c1ccc(-c2nnn[nH]2)c(-c2ccc(Cn3c(C4CCCCC4)nc4c(OC5CCCCC5)nnc(OC5CCCCC5)c43)cc2)c1. The Morgan fingerprint density at radius 2 is 1.28 bits per heavy atom. The number of rotatable bonds is 9. The number of hydrogen-bond acceptors (Lipinski definition) is 8. The molecule has 0 amide bonds. The predicted octanol–water partition coefficient (Wildman–Crippen LogP) is 8.19. The van der Waals surface area contributed by atoms with Crippen LogP contribution in [0.3, 0.4) is 0 Å². The number of fused-ring (bicyclic) bond motifs is 1. The van der Waals surface area contributed by atoms with Crippen LogP contribution in [-0.2, 0) is 6.54 Å². The Bertz CT molecular complexity index is 1770. The van der Waals surface area contributed by atoms with Gasteiger partial charge in [-0.15, -0.1) is 15.3 Å². The molecule has 3 aliphatic carbocycles. The Kier molecular flexibility index (Phi) is 8.81. The molecule has 0 aliphatic heterocycles. The van der Waals surface area contributed by atoms with Gasteiger partial charge in [-0.25, -0.2) is 10.1 Å². The zero-order valence-corrected chi connectivity index (χ0v) is 27.1. The van der Waals surface area contributed by atoms with Crippen LogP contribution in [0, 0.1) is 0 Å². The van der Waals surface area contributed by atoms with Crippen molar-refractivity contribution in [3.05, 3.63) is 59.9 Å². The minimum atomic E-state index is 0.159. The Balaban J connectivity index is 1.19. The molecule has 5 aromatic rings. The minimum Gasteiger partial charge on any atom is -0.472 e. The molecule has 244 valence electrons. The summed E-state index contributed by atoms with van der Waals surface area (Å²) in [5.74, 6) is 3.33. The van der Waals surface area contributed by atoms with E-state index in [1.54, 1.807) is 0 Å². The average molecular weight is 633 g/mol. The second kappa shape index (κ2) is 13.8. The Hall–Kier alpha value is -4.34. The molecule has 3 saturated carbocycles. The van der Waals surface area contributed by atoms with Crippen molar-refractivity contribution in [3.8, 4) is 34.3 Å². The molecule has 3 heterocycles. The van der Waals surface area contributed by atoms with Gasteiger partial charge in [0.2, 0.25) is 0 Å². The van der Waals surface area contributed by atoms with E-state index in [0.717, 1.165) is 72.1 Å². The number of imidazole rings is 1. The number of H-pyrrole nitrogens is 1. The lowest BCUT2D eigenvalue weighted by atomic mass is 9.88. The summed E-state index contributed by atoms with van der Waals surface area (Å²) in [6, 6.07) is 17.0. The summed E-state index contributed by atoms with van der Waals surface area (Å²) >= 11 is 0. The van der Waals surface area contributed by atoms with E-state index in [-0.39, 0.29) is 12.2 Å². The van der Waals surface area contributed by atoms with E-state index in [1.165, 1.54) is 63.4 Å². The molecule has 10 nitrogen and oxygen atoms in total. The smallest absolute Gasteiger partial charge is 0.262 e. The lowest BCUT2D eigenvalue weighted by Crippen LogP contribution is -2.22. The van der Waals surface area contributed by atoms with Gasteiger partial charge in [-0.2, -0.15) is 0 Å². The molecule has 3 aromatic heterocycles. The lowest BCUT2D eigenvalue weighted by molar-refractivity contribution is 0.140. The van der Waals surface area contributed by atoms with Gasteiger partial charge in [0.25, 0.3) is 11.8 Å². The van der Waals surface area contributed by atoms with E-state index in [4.69, 9.17) is 19.6 Å². The van der Waals surface area contributed by atoms with Crippen molar-refractivity contribution in [1.29, 1.82) is 0 Å². The van der Waals surface area contributed by atoms with Crippen LogP contribution in [-0.4, -0.2) is 52.6 Å². The number of benzene rings is 2. The standard InChI is InChI=1S/C37H44N8O2/c1-4-12-27(13-5-1)35-38-32-33(37(47-29-16-8-3-9-17-29)42-41-36(32)46-28-14-6-2-7-15-28)45(35)24-25-20-22-26(23-21-25)30-18-10-11-19-31(30)34-39-43-44-40-34/h10-11,18-23,27-29H,1-9,12-17,24H2,(H,39,40,43,44). The second-order valence-electron chi connectivity index (χ2n) is 13.6. The molecule has 0 saturated heterocycles. The van der Waals surface area contributed by atoms with E-state index in [1.807, 2.05) is 18.2 Å². The molecular formula is C37H44N8O2. The molecule has 0 unspecified atom stereocenters. The third-order valence-electron chi connectivity index (χ3n) is 10.4. The second-order valence-corrected chi connectivity index (χ2v) is 13.6. The molecule has 2 aromatic carbocycles. The molecule has 0 radical (unpaired) electrons. The zero-order chi connectivity index (χ0) is 31.4.